The molecule has 2 heterocycles. The molecule has 0 N–H and O–H groups in total. The molecule has 0 unspecified atom stereocenters. The minimum absolute atomic E-state index is 0.122. The normalized spacial score (nSPS) is 16.7. The van der Waals surface area contributed by atoms with E-state index >= 15 is 0 Å². The van der Waals surface area contributed by atoms with Crippen molar-refractivity contribution in [2.45, 2.75) is 13.5 Å². The van der Waals surface area contributed by atoms with Gasteiger partial charge in [-0.25, -0.2) is 0 Å². The number of ether oxygens (including phenoxy) is 1. The van der Waals surface area contributed by atoms with Gasteiger partial charge in [0.25, 0.3) is 5.91 Å². The molecule has 1 saturated heterocycles. The second-order valence-electron chi connectivity index (χ2n) is 6.84. The highest BCUT2D eigenvalue weighted by Gasteiger charge is 2.34. The second kappa shape index (κ2) is 9.49. The Morgan fingerprint density at radius 3 is 2.61 bits per heavy atom. The van der Waals surface area contributed by atoms with Crippen LogP contribution in [-0.4, -0.2) is 29.3 Å². The van der Waals surface area contributed by atoms with Gasteiger partial charge in [-0.05, 0) is 77.9 Å². The molecular weight excluding hydrogens is 410 g/mol. The van der Waals surface area contributed by atoms with Crippen LogP contribution in [0.4, 0.5) is 0 Å². The Hall–Kier alpha value is -3.58. The van der Waals surface area contributed by atoms with E-state index in [1.54, 1.807) is 30.6 Å². The predicted molar refractivity (Wildman–Crippen MR) is 124 cm³/mol. The van der Waals surface area contributed by atoms with Crippen LogP contribution in [0.25, 0.3) is 6.08 Å². The number of benzene rings is 2. The molecule has 6 nitrogen and oxygen atoms in total. The largest absolute Gasteiger partial charge is 0.497 e. The minimum Gasteiger partial charge on any atom is -0.497 e. The van der Waals surface area contributed by atoms with E-state index < -0.39 is 0 Å². The number of furan rings is 1. The van der Waals surface area contributed by atoms with Crippen LogP contribution in [0.2, 0.25) is 0 Å². The van der Waals surface area contributed by atoms with Crippen LogP contribution in [0.5, 0.6) is 5.75 Å². The average Bonchev–Trinajstić information content (AvgIpc) is 3.40. The Morgan fingerprint density at radius 1 is 1.10 bits per heavy atom. The first kappa shape index (κ1) is 20.7. The zero-order valence-electron chi connectivity index (χ0n) is 17.2. The van der Waals surface area contributed by atoms with Gasteiger partial charge in [0.15, 0.2) is 5.17 Å². The molecule has 0 bridgehead atoms. The van der Waals surface area contributed by atoms with E-state index in [-0.39, 0.29) is 5.91 Å². The predicted octanol–water partition coefficient (Wildman–Crippen LogP) is 5.10. The molecule has 0 aliphatic carbocycles. The van der Waals surface area contributed by atoms with Crippen molar-refractivity contribution in [3.63, 3.8) is 0 Å². The Kier molecular flexibility index (Phi) is 6.33. The van der Waals surface area contributed by atoms with E-state index in [0.717, 1.165) is 22.4 Å². The third-order valence-electron chi connectivity index (χ3n) is 4.72. The number of hydrogen-bond acceptors (Lipinski definition) is 6. The van der Waals surface area contributed by atoms with Crippen molar-refractivity contribution in [2.24, 2.45) is 10.2 Å². The fraction of sp³-hybridized carbons (Fsp3) is 0.125. The summed E-state index contributed by atoms with van der Waals surface area (Å²) in [5, 5.41) is 9.04. The summed E-state index contributed by atoms with van der Waals surface area (Å²) >= 11 is 1.31. The highest BCUT2D eigenvalue weighted by molar-refractivity contribution is 8.18. The van der Waals surface area contributed by atoms with E-state index in [4.69, 9.17) is 9.15 Å². The Bertz CT molecular complexity index is 1150. The Balaban J connectivity index is 1.61. The molecule has 7 heteroatoms. The number of amides is 1. The van der Waals surface area contributed by atoms with Gasteiger partial charge in [0.1, 0.15) is 11.5 Å². The molecule has 1 aliphatic rings. The molecule has 0 saturated carbocycles. The summed E-state index contributed by atoms with van der Waals surface area (Å²) < 4.78 is 10.6. The van der Waals surface area contributed by atoms with Gasteiger partial charge in [0.2, 0.25) is 0 Å². The van der Waals surface area contributed by atoms with Crippen LogP contribution < -0.4 is 4.74 Å². The molecule has 0 atom stereocenters. The number of nitrogens with zero attached hydrogens (tertiary/aromatic N) is 3. The van der Waals surface area contributed by atoms with E-state index in [2.05, 4.69) is 10.2 Å². The molecule has 1 amide bonds. The molecule has 2 aromatic carbocycles. The molecular formula is C24H21N3O3S. The van der Waals surface area contributed by atoms with Crippen molar-refractivity contribution in [3.05, 3.63) is 94.3 Å². The zero-order valence-corrected chi connectivity index (χ0v) is 18.0. The van der Waals surface area contributed by atoms with Crippen molar-refractivity contribution in [1.82, 2.24) is 4.90 Å². The van der Waals surface area contributed by atoms with Gasteiger partial charge < -0.3 is 9.15 Å². The van der Waals surface area contributed by atoms with Crippen LogP contribution >= 0.6 is 11.8 Å². The number of rotatable bonds is 6. The number of carbonyl (C=O) groups is 1. The summed E-state index contributed by atoms with van der Waals surface area (Å²) in [6.45, 7) is 2.31. The molecule has 4 rings (SSSR count). The second-order valence-corrected chi connectivity index (χ2v) is 7.85. The molecule has 1 aliphatic heterocycles. The van der Waals surface area contributed by atoms with E-state index in [1.807, 2.05) is 67.6 Å². The quantitative estimate of drug-likeness (QED) is 0.309. The Labute approximate surface area is 184 Å². The molecule has 0 radical (unpaired) electrons. The van der Waals surface area contributed by atoms with E-state index in [0.29, 0.717) is 22.4 Å². The average molecular weight is 432 g/mol. The molecule has 1 fully saturated rings. The summed E-state index contributed by atoms with van der Waals surface area (Å²) in [4.78, 5) is 15.3. The highest BCUT2D eigenvalue weighted by Crippen LogP contribution is 2.34. The van der Waals surface area contributed by atoms with Gasteiger partial charge >= 0.3 is 0 Å². The lowest BCUT2D eigenvalue weighted by atomic mass is 10.1. The highest BCUT2D eigenvalue weighted by atomic mass is 32.2. The molecule has 1 aromatic heterocycles. The number of carbonyl (C=O) groups excluding carboxylic acids is 1. The standard InChI is InChI=1S/C24H21N3O3S/c1-17-6-3-4-7-19(17)14-22-23(28)27(16-21-8-5-13-30-21)24(31-22)26-25-15-18-9-11-20(29-2)12-10-18/h3-15H,16H2,1-2H3/b22-14-,25-15+,26-24-. The molecule has 3 aromatic rings. The molecule has 156 valence electrons. The lowest BCUT2D eigenvalue weighted by Crippen LogP contribution is -2.28. The van der Waals surface area contributed by atoms with Crippen molar-refractivity contribution >= 4 is 35.1 Å². The van der Waals surface area contributed by atoms with Gasteiger partial charge in [-0.15, -0.1) is 5.10 Å². The molecule has 0 spiro atoms. The fourth-order valence-corrected chi connectivity index (χ4v) is 3.93. The third-order valence-corrected chi connectivity index (χ3v) is 5.72. The zero-order chi connectivity index (χ0) is 21.6. The smallest absolute Gasteiger partial charge is 0.267 e. The maximum atomic E-state index is 13.1. The summed E-state index contributed by atoms with van der Waals surface area (Å²) in [6, 6.07) is 19.1. The van der Waals surface area contributed by atoms with Crippen LogP contribution in [0.15, 0.2) is 86.5 Å². The summed E-state index contributed by atoms with van der Waals surface area (Å²) in [5.74, 6) is 1.33. The minimum atomic E-state index is -0.122. The van der Waals surface area contributed by atoms with Crippen molar-refractivity contribution in [3.8, 4) is 5.75 Å². The van der Waals surface area contributed by atoms with Crippen molar-refractivity contribution < 1.29 is 13.9 Å². The lowest BCUT2D eigenvalue weighted by Gasteiger charge is -2.12. The van der Waals surface area contributed by atoms with Crippen molar-refractivity contribution in [2.75, 3.05) is 7.11 Å². The third kappa shape index (κ3) is 4.95. The monoisotopic (exact) mass is 431 g/mol. The fourth-order valence-electron chi connectivity index (χ4n) is 3.01. The summed E-state index contributed by atoms with van der Waals surface area (Å²) in [6.07, 6.45) is 5.13. The van der Waals surface area contributed by atoms with Gasteiger partial charge in [-0.1, -0.05) is 24.3 Å². The van der Waals surface area contributed by atoms with Crippen LogP contribution in [-0.2, 0) is 11.3 Å². The maximum absolute atomic E-state index is 13.1. The van der Waals surface area contributed by atoms with Gasteiger partial charge in [-0.2, -0.15) is 5.10 Å². The van der Waals surface area contributed by atoms with Gasteiger partial charge in [-0.3, -0.25) is 9.69 Å². The van der Waals surface area contributed by atoms with Crippen LogP contribution in [0.1, 0.15) is 22.5 Å². The first-order valence-corrected chi connectivity index (χ1v) is 10.5. The van der Waals surface area contributed by atoms with Crippen molar-refractivity contribution in [1.29, 1.82) is 0 Å². The Morgan fingerprint density at radius 2 is 1.90 bits per heavy atom. The maximum Gasteiger partial charge on any atom is 0.267 e. The van der Waals surface area contributed by atoms with E-state index in [1.165, 1.54) is 11.8 Å². The first-order valence-electron chi connectivity index (χ1n) is 9.68. The SMILES string of the molecule is COc1ccc(/C=N/N=C2\S/C(=C\c3ccccc3C)C(=O)N2Cc2ccco2)cc1. The van der Waals surface area contributed by atoms with Crippen LogP contribution in [0, 0.1) is 6.92 Å². The molecule has 31 heavy (non-hydrogen) atoms. The topological polar surface area (TPSA) is 67.4 Å². The lowest BCUT2D eigenvalue weighted by molar-refractivity contribution is -0.122. The number of thioether (sulfide) groups is 1. The number of aryl methyl sites for hydroxylation is 1. The van der Waals surface area contributed by atoms with Gasteiger partial charge in [0.05, 0.1) is 31.0 Å². The van der Waals surface area contributed by atoms with Crippen LogP contribution in [0.3, 0.4) is 0 Å². The van der Waals surface area contributed by atoms with Gasteiger partial charge in [0, 0.05) is 0 Å². The number of hydrogen-bond donors (Lipinski definition) is 0. The number of methoxy groups -OCH3 is 1. The summed E-state index contributed by atoms with van der Waals surface area (Å²) in [7, 11) is 1.62. The number of amidine groups is 1. The summed E-state index contributed by atoms with van der Waals surface area (Å²) in [5.41, 5.74) is 2.98. The van der Waals surface area contributed by atoms with E-state index in [9.17, 15) is 4.79 Å². The first-order chi connectivity index (χ1) is 15.1.